The lowest BCUT2D eigenvalue weighted by Gasteiger charge is -2.35. The van der Waals surface area contributed by atoms with Gasteiger partial charge in [0.2, 0.25) is 11.8 Å². The fourth-order valence-corrected chi connectivity index (χ4v) is 3.07. The maximum absolute atomic E-state index is 12.7. The highest BCUT2D eigenvalue weighted by molar-refractivity contribution is 6.04. The van der Waals surface area contributed by atoms with Gasteiger partial charge in [0.15, 0.2) is 0 Å². The number of rotatable bonds is 4. The largest absolute Gasteiger partial charge is 0.342 e. The molecule has 6 heteroatoms. The van der Waals surface area contributed by atoms with Crippen LogP contribution in [-0.4, -0.2) is 42.3 Å². The van der Waals surface area contributed by atoms with Gasteiger partial charge in [0, 0.05) is 24.4 Å². The summed E-state index contributed by atoms with van der Waals surface area (Å²) < 4.78 is 0. The first-order chi connectivity index (χ1) is 12.7. The molecule has 0 spiro atoms. The molecule has 3 amide bonds. The summed E-state index contributed by atoms with van der Waals surface area (Å²) in [4.78, 5) is 39.0. The molecule has 144 valence electrons. The van der Waals surface area contributed by atoms with Crippen molar-refractivity contribution >= 4 is 23.4 Å². The Morgan fingerprint density at radius 1 is 1.19 bits per heavy atom. The average Bonchev–Trinajstić information content (AvgIpc) is 2.65. The Morgan fingerprint density at radius 3 is 2.41 bits per heavy atom. The smallest absolute Gasteiger partial charge is 0.254 e. The third-order valence-electron chi connectivity index (χ3n) is 4.58. The Labute approximate surface area is 160 Å². The summed E-state index contributed by atoms with van der Waals surface area (Å²) in [5, 5.41) is 5.46. The van der Waals surface area contributed by atoms with Crippen LogP contribution in [0.4, 0.5) is 5.69 Å². The van der Waals surface area contributed by atoms with Gasteiger partial charge in [-0.3, -0.25) is 14.4 Å². The summed E-state index contributed by atoms with van der Waals surface area (Å²) in [6.07, 6.45) is 6.39. The van der Waals surface area contributed by atoms with E-state index in [0.29, 0.717) is 37.2 Å². The predicted octanol–water partition coefficient (Wildman–Crippen LogP) is 2.27. The number of benzene rings is 1. The zero-order chi connectivity index (χ0) is 20.0. The van der Waals surface area contributed by atoms with Gasteiger partial charge in [-0.05, 0) is 25.0 Å². The zero-order valence-electron chi connectivity index (χ0n) is 16.2. The molecule has 0 bridgehead atoms. The van der Waals surface area contributed by atoms with E-state index in [9.17, 15) is 14.4 Å². The number of terminal acetylenes is 1. The number of likely N-dealkylation sites (tertiary alicyclic amines) is 1. The van der Waals surface area contributed by atoms with Gasteiger partial charge in [0.05, 0.1) is 17.8 Å². The topological polar surface area (TPSA) is 78.5 Å². The second-order valence-electron chi connectivity index (χ2n) is 7.74. The summed E-state index contributed by atoms with van der Waals surface area (Å²) in [5.74, 6) is 1.82. The van der Waals surface area contributed by atoms with Gasteiger partial charge < -0.3 is 15.5 Å². The standard InChI is InChI=1S/C21H27N3O3/c1-5-12-22-19(26)16-8-6-7-9-17(16)23-18(25)15-10-13-24(14-11-15)20(27)21(2,3)4/h1,6-9,15H,10-14H2,2-4H3,(H,22,26)(H,23,25). The van der Waals surface area contributed by atoms with Crippen LogP contribution in [-0.2, 0) is 9.59 Å². The molecular formula is C21H27N3O3. The molecule has 0 atom stereocenters. The van der Waals surface area contributed by atoms with Gasteiger partial charge in [-0.2, -0.15) is 0 Å². The van der Waals surface area contributed by atoms with Crippen molar-refractivity contribution in [2.45, 2.75) is 33.6 Å². The van der Waals surface area contributed by atoms with Gasteiger partial charge in [-0.15, -0.1) is 6.42 Å². The summed E-state index contributed by atoms with van der Waals surface area (Å²) >= 11 is 0. The molecular weight excluding hydrogens is 342 g/mol. The lowest BCUT2D eigenvalue weighted by molar-refractivity contribution is -0.142. The first-order valence-electron chi connectivity index (χ1n) is 9.15. The van der Waals surface area contributed by atoms with E-state index >= 15 is 0 Å². The zero-order valence-corrected chi connectivity index (χ0v) is 16.2. The Kier molecular flexibility index (Phi) is 6.62. The summed E-state index contributed by atoms with van der Waals surface area (Å²) in [6, 6.07) is 6.84. The molecule has 1 heterocycles. The first-order valence-corrected chi connectivity index (χ1v) is 9.15. The minimum Gasteiger partial charge on any atom is -0.342 e. The van der Waals surface area contributed by atoms with E-state index in [1.165, 1.54) is 0 Å². The van der Waals surface area contributed by atoms with Crippen molar-refractivity contribution in [2.75, 3.05) is 25.0 Å². The van der Waals surface area contributed by atoms with Crippen LogP contribution in [0.3, 0.4) is 0 Å². The van der Waals surface area contributed by atoms with E-state index in [2.05, 4.69) is 16.6 Å². The van der Waals surface area contributed by atoms with Crippen LogP contribution in [0, 0.1) is 23.7 Å². The number of carbonyl (C=O) groups is 3. The molecule has 1 aromatic carbocycles. The maximum atomic E-state index is 12.7. The van der Waals surface area contributed by atoms with Crippen LogP contribution in [0.1, 0.15) is 44.0 Å². The molecule has 2 N–H and O–H groups in total. The van der Waals surface area contributed by atoms with E-state index < -0.39 is 5.41 Å². The lowest BCUT2D eigenvalue weighted by atomic mass is 9.90. The number of piperidine rings is 1. The number of nitrogens with one attached hydrogen (secondary N) is 2. The number of nitrogens with zero attached hydrogens (tertiary/aromatic N) is 1. The van der Waals surface area contributed by atoms with E-state index in [-0.39, 0.29) is 30.2 Å². The molecule has 0 unspecified atom stereocenters. The third-order valence-corrected chi connectivity index (χ3v) is 4.58. The van der Waals surface area contributed by atoms with Crippen LogP contribution in [0.25, 0.3) is 0 Å². The van der Waals surface area contributed by atoms with Gasteiger partial charge in [0.25, 0.3) is 5.91 Å². The van der Waals surface area contributed by atoms with Crippen molar-refractivity contribution in [1.82, 2.24) is 10.2 Å². The highest BCUT2D eigenvalue weighted by atomic mass is 16.2. The van der Waals surface area contributed by atoms with E-state index in [4.69, 9.17) is 6.42 Å². The fourth-order valence-electron chi connectivity index (χ4n) is 3.07. The van der Waals surface area contributed by atoms with Gasteiger partial charge >= 0.3 is 0 Å². The van der Waals surface area contributed by atoms with Gasteiger partial charge in [-0.1, -0.05) is 38.8 Å². The van der Waals surface area contributed by atoms with Gasteiger partial charge in [0.1, 0.15) is 0 Å². The van der Waals surface area contributed by atoms with Crippen molar-refractivity contribution in [3.8, 4) is 12.3 Å². The SMILES string of the molecule is C#CCNC(=O)c1ccccc1NC(=O)C1CCN(C(=O)C(C)(C)C)CC1. The number of hydrogen-bond donors (Lipinski definition) is 2. The molecule has 0 aliphatic carbocycles. The first kappa shape index (κ1) is 20.5. The van der Waals surface area contributed by atoms with Crippen molar-refractivity contribution < 1.29 is 14.4 Å². The van der Waals surface area contributed by atoms with Crippen molar-refractivity contribution in [2.24, 2.45) is 11.3 Å². The highest BCUT2D eigenvalue weighted by Gasteiger charge is 2.32. The van der Waals surface area contributed by atoms with Crippen molar-refractivity contribution in [3.63, 3.8) is 0 Å². The number of anilines is 1. The quantitative estimate of drug-likeness (QED) is 0.799. The number of hydrogen-bond acceptors (Lipinski definition) is 3. The number of amides is 3. The molecule has 0 saturated carbocycles. The highest BCUT2D eigenvalue weighted by Crippen LogP contribution is 2.25. The third kappa shape index (κ3) is 5.33. The van der Waals surface area contributed by atoms with Crippen LogP contribution < -0.4 is 10.6 Å². The van der Waals surface area contributed by atoms with E-state index in [0.717, 1.165) is 0 Å². The average molecular weight is 369 g/mol. The van der Waals surface area contributed by atoms with Crippen LogP contribution >= 0.6 is 0 Å². The van der Waals surface area contributed by atoms with E-state index in [1.54, 1.807) is 24.3 Å². The Bertz CT molecular complexity index is 751. The normalized spacial score (nSPS) is 15.0. The van der Waals surface area contributed by atoms with Crippen molar-refractivity contribution in [3.05, 3.63) is 29.8 Å². The lowest BCUT2D eigenvalue weighted by Crippen LogP contribution is -2.45. The molecule has 1 fully saturated rings. The number of para-hydroxylation sites is 1. The maximum Gasteiger partial charge on any atom is 0.254 e. The number of carbonyl (C=O) groups excluding carboxylic acids is 3. The summed E-state index contributed by atoms with van der Waals surface area (Å²) in [5.41, 5.74) is 0.423. The molecule has 1 aliphatic heterocycles. The summed E-state index contributed by atoms with van der Waals surface area (Å²) in [6.45, 7) is 6.96. The molecule has 1 aromatic rings. The van der Waals surface area contributed by atoms with Crippen LogP contribution in [0.2, 0.25) is 0 Å². The van der Waals surface area contributed by atoms with E-state index in [1.807, 2.05) is 25.7 Å². The molecule has 0 radical (unpaired) electrons. The second kappa shape index (κ2) is 8.72. The van der Waals surface area contributed by atoms with Crippen molar-refractivity contribution in [1.29, 1.82) is 0 Å². The Balaban J connectivity index is 1.98. The monoisotopic (exact) mass is 369 g/mol. The minimum absolute atomic E-state index is 0.108. The second-order valence-corrected chi connectivity index (χ2v) is 7.74. The Morgan fingerprint density at radius 2 is 1.81 bits per heavy atom. The van der Waals surface area contributed by atoms with Crippen LogP contribution in [0.15, 0.2) is 24.3 Å². The fraction of sp³-hybridized carbons (Fsp3) is 0.476. The molecule has 2 rings (SSSR count). The molecule has 27 heavy (non-hydrogen) atoms. The summed E-state index contributed by atoms with van der Waals surface area (Å²) in [7, 11) is 0. The molecule has 0 aromatic heterocycles. The minimum atomic E-state index is -0.417. The van der Waals surface area contributed by atoms with Gasteiger partial charge in [-0.25, -0.2) is 0 Å². The van der Waals surface area contributed by atoms with Crippen LogP contribution in [0.5, 0.6) is 0 Å². The Hall–Kier alpha value is -2.81. The molecule has 6 nitrogen and oxygen atoms in total. The molecule has 1 saturated heterocycles. The predicted molar refractivity (Wildman–Crippen MR) is 105 cm³/mol. The molecule has 1 aliphatic rings.